The molecule has 0 unspecified atom stereocenters. The molecule has 0 bridgehead atoms. The number of para-hydroxylation sites is 1. The van der Waals surface area contributed by atoms with Crippen LogP contribution < -0.4 is 5.43 Å². The van der Waals surface area contributed by atoms with Crippen molar-refractivity contribution >= 4 is 17.9 Å². The van der Waals surface area contributed by atoms with Gasteiger partial charge in [-0.1, -0.05) is 12.1 Å². The Morgan fingerprint density at radius 3 is 2.62 bits per heavy atom. The van der Waals surface area contributed by atoms with E-state index in [0.717, 1.165) is 4.57 Å². The Morgan fingerprint density at radius 1 is 1.33 bits per heavy atom. The average Bonchev–Trinajstić information content (AvgIpc) is 2.74. The Hall–Kier alpha value is -2.77. The third-order valence-corrected chi connectivity index (χ3v) is 3.50. The minimum absolute atomic E-state index is 0.0530. The summed E-state index contributed by atoms with van der Waals surface area (Å²) in [7, 11) is 0. The van der Waals surface area contributed by atoms with Gasteiger partial charge < -0.3 is 9.67 Å². The number of carbonyl (C=O) groups is 1. The number of hydrogen-bond donors (Lipinski definition) is 2. The van der Waals surface area contributed by atoms with Gasteiger partial charge in [-0.15, -0.1) is 0 Å². The third kappa shape index (κ3) is 4.15. The molecule has 0 amide bonds. The number of alkyl halides is 3. The van der Waals surface area contributed by atoms with E-state index in [1.165, 1.54) is 12.3 Å². The molecule has 2 N–H and O–H groups in total. The summed E-state index contributed by atoms with van der Waals surface area (Å²) in [5, 5.41) is 13.0. The Labute approximate surface area is 136 Å². The standard InChI is InChI=1S/C16H16F3N3O2/c1-10-7-12(11(2)22(10)9-16(17,18)19)8-20-21-14-6-4-3-5-13(14)15(23)24/h3-8,21H,9H2,1-2H3,(H,23,24). The predicted octanol–water partition coefficient (Wildman–Crippen LogP) is 3.81. The summed E-state index contributed by atoms with van der Waals surface area (Å²) < 4.78 is 38.9. The van der Waals surface area contributed by atoms with Gasteiger partial charge >= 0.3 is 12.1 Å². The maximum absolute atomic E-state index is 12.6. The molecule has 1 heterocycles. The van der Waals surface area contributed by atoms with Gasteiger partial charge in [0.1, 0.15) is 6.54 Å². The number of nitrogens with zero attached hydrogens (tertiary/aromatic N) is 2. The highest BCUT2D eigenvalue weighted by Crippen LogP contribution is 2.22. The lowest BCUT2D eigenvalue weighted by molar-refractivity contribution is -0.141. The third-order valence-electron chi connectivity index (χ3n) is 3.50. The van der Waals surface area contributed by atoms with Gasteiger partial charge in [0.05, 0.1) is 17.5 Å². The van der Waals surface area contributed by atoms with Crippen molar-refractivity contribution in [3.8, 4) is 0 Å². The molecule has 0 aliphatic heterocycles. The number of aromatic carboxylic acids is 1. The molecule has 0 fully saturated rings. The van der Waals surface area contributed by atoms with E-state index in [4.69, 9.17) is 5.11 Å². The largest absolute Gasteiger partial charge is 0.478 e. The number of aryl methyl sites for hydroxylation is 1. The molecule has 0 aliphatic carbocycles. The van der Waals surface area contributed by atoms with Crippen LogP contribution in [0.1, 0.15) is 27.3 Å². The molecular formula is C16H16F3N3O2. The zero-order valence-electron chi connectivity index (χ0n) is 13.1. The van der Waals surface area contributed by atoms with E-state index in [9.17, 15) is 18.0 Å². The topological polar surface area (TPSA) is 66.6 Å². The summed E-state index contributed by atoms with van der Waals surface area (Å²) in [6, 6.07) is 7.81. The van der Waals surface area contributed by atoms with Crippen LogP contribution in [0.25, 0.3) is 0 Å². The van der Waals surface area contributed by atoms with E-state index in [2.05, 4.69) is 10.5 Å². The van der Waals surface area contributed by atoms with Gasteiger partial charge in [-0.25, -0.2) is 4.79 Å². The first kappa shape index (κ1) is 17.6. The molecule has 0 saturated carbocycles. The fraction of sp³-hybridized carbons (Fsp3) is 0.250. The minimum atomic E-state index is -4.30. The van der Waals surface area contributed by atoms with Gasteiger partial charge in [-0.05, 0) is 32.0 Å². The lowest BCUT2D eigenvalue weighted by atomic mass is 10.2. The van der Waals surface area contributed by atoms with Crippen LogP contribution in [0.2, 0.25) is 0 Å². The monoisotopic (exact) mass is 339 g/mol. The van der Waals surface area contributed by atoms with Gasteiger partial charge in [0.25, 0.3) is 0 Å². The molecule has 1 aromatic heterocycles. The number of nitrogens with one attached hydrogen (secondary N) is 1. The quantitative estimate of drug-likeness (QED) is 0.643. The maximum Gasteiger partial charge on any atom is 0.406 e. The van der Waals surface area contributed by atoms with E-state index in [0.29, 0.717) is 22.6 Å². The Bertz CT molecular complexity index is 779. The Balaban J connectivity index is 2.19. The summed E-state index contributed by atoms with van der Waals surface area (Å²) in [6.07, 6.45) is -2.94. The molecule has 0 atom stereocenters. The second-order valence-corrected chi connectivity index (χ2v) is 5.25. The molecule has 8 heteroatoms. The second-order valence-electron chi connectivity index (χ2n) is 5.25. The number of carboxylic acid groups (broad SMARTS) is 1. The average molecular weight is 339 g/mol. The normalized spacial score (nSPS) is 11.9. The van der Waals surface area contributed by atoms with Crippen LogP contribution in [0.3, 0.4) is 0 Å². The zero-order valence-corrected chi connectivity index (χ0v) is 13.1. The summed E-state index contributed by atoms with van der Waals surface area (Å²) in [5.74, 6) is -1.10. The lowest BCUT2D eigenvalue weighted by Crippen LogP contribution is -2.19. The minimum Gasteiger partial charge on any atom is -0.478 e. The number of hydrazone groups is 1. The molecule has 2 rings (SSSR count). The van der Waals surface area contributed by atoms with Crippen LogP contribution in [0.4, 0.5) is 18.9 Å². The van der Waals surface area contributed by atoms with Crippen LogP contribution in [-0.4, -0.2) is 28.0 Å². The first-order valence-electron chi connectivity index (χ1n) is 7.04. The molecule has 128 valence electrons. The number of halogens is 3. The number of benzene rings is 1. The first-order valence-corrected chi connectivity index (χ1v) is 7.04. The van der Waals surface area contributed by atoms with Crippen molar-refractivity contribution < 1.29 is 23.1 Å². The molecule has 0 saturated heterocycles. The van der Waals surface area contributed by atoms with Gasteiger partial charge in [-0.3, -0.25) is 5.43 Å². The molecule has 1 aromatic carbocycles. The Kier molecular flexibility index (Phi) is 4.96. The van der Waals surface area contributed by atoms with E-state index < -0.39 is 18.7 Å². The molecule has 2 aromatic rings. The summed E-state index contributed by atoms with van der Waals surface area (Å²) in [4.78, 5) is 11.1. The molecule has 5 nitrogen and oxygen atoms in total. The van der Waals surface area contributed by atoms with Crippen molar-refractivity contribution in [2.45, 2.75) is 26.6 Å². The van der Waals surface area contributed by atoms with Gasteiger partial charge in [0.2, 0.25) is 0 Å². The van der Waals surface area contributed by atoms with Crippen LogP contribution in [0, 0.1) is 13.8 Å². The Morgan fingerprint density at radius 2 is 2.00 bits per heavy atom. The maximum atomic E-state index is 12.6. The first-order chi connectivity index (χ1) is 11.2. The van der Waals surface area contributed by atoms with Gasteiger partial charge in [0.15, 0.2) is 0 Å². The molecule has 0 aliphatic rings. The van der Waals surface area contributed by atoms with Crippen molar-refractivity contribution in [2.24, 2.45) is 5.10 Å². The molecule has 0 radical (unpaired) electrons. The number of hydrogen-bond acceptors (Lipinski definition) is 3. The van der Waals surface area contributed by atoms with Crippen molar-refractivity contribution in [1.82, 2.24) is 4.57 Å². The molecular weight excluding hydrogens is 323 g/mol. The van der Waals surface area contributed by atoms with Crippen molar-refractivity contribution in [2.75, 3.05) is 5.43 Å². The summed E-state index contributed by atoms with van der Waals surface area (Å²) in [6.45, 7) is 2.10. The molecule has 24 heavy (non-hydrogen) atoms. The number of rotatable bonds is 5. The van der Waals surface area contributed by atoms with Crippen LogP contribution >= 0.6 is 0 Å². The van der Waals surface area contributed by atoms with Crippen LogP contribution in [0.15, 0.2) is 35.4 Å². The summed E-state index contributed by atoms with van der Waals surface area (Å²) >= 11 is 0. The smallest absolute Gasteiger partial charge is 0.406 e. The van der Waals surface area contributed by atoms with E-state index in [-0.39, 0.29) is 5.56 Å². The highest BCUT2D eigenvalue weighted by Gasteiger charge is 2.29. The number of aromatic nitrogens is 1. The van der Waals surface area contributed by atoms with Crippen molar-refractivity contribution in [3.05, 3.63) is 52.8 Å². The number of carboxylic acids is 1. The molecule has 0 spiro atoms. The predicted molar refractivity (Wildman–Crippen MR) is 84.6 cm³/mol. The second kappa shape index (κ2) is 6.77. The highest BCUT2D eigenvalue weighted by atomic mass is 19.4. The highest BCUT2D eigenvalue weighted by molar-refractivity contribution is 5.94. The van der Waals surface area contributed by atoms with Gasteiger partial charge in [0, 0.05) is 17.0 Å². The SMILES string of the molecule is Cc1cc(C=NNc2ccccc2C(=O)O)c(C)n1CC(F)(F)F. The fourth-order valence-corrected chi connectivity index (χ4v) is 2.32. The van der Waals surface area contributed by atoms with Crippen molar-refractivity contribution in [1.29, 1.82) is 0 Å². The lowest BCUT2D eigenvalue weighted by Gasteiger charge is -2.12. The number of anilines is 1. The van der Waals surface area contributed by atoms with Crippen molar-refractivity contribution in [3.63, 3.8) is 0 Å². The van der Waals surface area contributed by atoms with Gasteiger partial charge in [-0.2, -0.15) is 18.3 Å². The van der Waals surface area contributed by atoms with E-state index in [1.54, 1.807) is 38.1 Å². The zero-order chi connectivity index (χ0) is 17.9. The van der Waals surface area contributed by atoms with E-state index in [1.807, 2.05) is 0 Å². The van der Waals surface area contributed by atoms with Crippen LogP contribution in [-0.2, 0) is 6.54 Å². The fourth-order valence-electron chi connectivity index (χ4n) is 2.32. The summed E-state index contributed by atoms with van der Waals surface area (Å²) in [5.41, 5.74) is 4.38. The van der Waals surface area contributed by atoms with Crippen LogP contribution in [0.5, 0.6) is 0 Å². The van der Waals surface area contributed by atoms with E-state index >= 15 is 0 Å².